The van der Waals surface area contributed by atoms with Crippen LogP contribution in [0.4, 0.5) is 79.0 Å². The molecule has 0 aromatic rings. The fourth-order valence-electron chi connectivity index (χ4n) is 1.30. The van der Waals surface area contributed by atoms with Crippen LogP contribution >= 0.6 is 0 Å². The third kappa shape index (κ3) is 6.02. The summed E-state index contributed by atoms with van der Waals surface area (Å²) in [5, 5.41) is 0. The molecule has 0 bridgehead atoms. The Morgan fingerprint density at radius 1 is 0.562 bits per heavy atom. The molecule has 3 nitrogen and oxygen atoms in total. The smallest absolute Gasteiger partial charge is 0.306 e. The maximum atomic E-state index is 13.7. The van der Waals surface area contributed by atoms with Crippen LogP contribution in [0.3, 0.4) is 0 Å². The van der Waals surface area contributed by atoms with Crippen molar-refractivity contribution in [3.63, 3.8) is 0 Å². The maximum Gasteiger partial charge on any atom is 0.458 e. The topological polar surface area (TPSA) is 27.7 Å². The van der Waals surface area contributed by atoms with Gasteiger partial charge in [0.1, 0.15) is 6.61 Å². The van der Waals surface area contributed by atoms with Gasteiger partial charge in [0.2, 0.25) is 0 Å². The first-order chi connectivity index (χ1) is 13.6. The second-order valence-electron chi connectivity index (χ2n) is 5.25. The molecular formula is C11H4F18O3. The van der Waals surface area contributed by atoms with E-state index in [1.54, 1.807) is 4.74 Å². The molecule has 0 aromatic carbocycles. The van der Waals surface area contributed by atoms with E-state index in [0.717, 1.165) is 0 Å². The molecule has 0 rings (SSSR count). The van der Waals surface area contributed by atoms with Crippen molar-refractivity contribution in [3.05, 3.63) is 12.4 Å². The van der Waals surface area contributed by atoms with Gasteiger partial charge in [-0.3, -0.25) is 9.47 Å². The minimum Gasteiger partial charge on any atom is -0.306 e. The third-order valence-electron chi connectivity index (χ3n) is 2.75. The van der Waals surface area contributed by atoms with Crippen molar-refractivity contribution in [1.29, 1.82) is 0 Å². The highest BCUT2D eigenvalue weighted by Crippen LogP contribution is 2.56. The van der Waals surface area contributed by atoms with Crippen molar-refractivity contribution in [2.75, 3.05) is 6.61 Å². The molecule has 0 fully saturated rings. The van der Waals surface area contributed by atoms with Crippen molar-refractivity contribution < 1.29 is 93.2 Å². The molecule has 0 heterocycles. The molecule has 0 aliphatic heterocycles. The summed E-state index contributed by atoms with van der Waals surface area (Å²) in [4.78, 5) is 0. The molecule has 0 aromatic heterocycles. The van der Waals surface area contributed by atoms with E-state index in [4.69, 9.17) is 0 Å². The lowest BCUT2D eigenvalue weighted by molar-refractivity contribution is -0.558. The van der Waals surface area contributed by atoms with E-state index in [1.165, 1.54) is 11.3 Å². The zero-order chi connectivity index (χ0) is 26.4. The predicted molar refractivity (Wildman–Crippen MR) is 59.1 cm³/mol. The van der Waals surface area contributed by atoms with Gasteiger partial charge in [-0.05, 0) is 0 Å². The summed E-state index contributed by atoms with van der Waals surface area (Å²) in [7, 11) is 0. The van der Waals surface area contributed by atoms with Crippen LogP contribution in [-0.4, -0.2) is 55.2 Å². The van der Waals surface area contributed by atoms with E-state index in [2.05, 4.69) is 4.74 Å². The first-order valence-corrected chi connectivity index (χ1v) is 6.67. The largest absolute Gasteiger partial charge is 0.458 e. The molecule has 0 saturated carbocycles. The molecule has 192 valence electrons. The first kappa shape index (κ1) is 30.4. The molecule has 0 N–H and O–H groups in total. The second-order valence-corrected chi connectivity index (χ2v) is 5.25. The summed E-state index contributed by atoms with van der Waals surface area (Å²) in [5.41, 5.74) is 0. The fourth-order valence-corrected chi connectivity index (χ4v) is 1.30. The summed E-state index contributed by atoms with van der Waals surface area (Å²) < 4.78 is 235. The lowest BCUT2D eigenvalue weighted by atomic mass is 10.2. The Morgan fingerprint density at radius 3 is 1.19 bits per heavy atom. The standard InChI is InChI=1S/C11H4F18O3/c1-3(12)5(16,17)31-7(19,9(23,24)25)11(28,29)32-6(18,8(20,21)22)10(26,27)30-2-4(13,14)15/h1-2H2. The van der Waals surface area contributed by atoms with Crippen molar-refractivity contribution in [3.8, 4) is 0 Å². The number of hydrogen-bond acceptors (Lipinski definition) is 3. The van der Waals surface area contributed by atoms with Gasteiger partial charge in [0, 0.05) is 0 Å². The molecule has 0 saturated heterocycles. The average Bonchev–Trinajstić information content (AvgIpc) is 2.48. The van der Waals surface area contributed by atoms with Gasteiger partial charge in [-0.25, -0.2) is 4.39 Å². The molecular weight excluding hydrogens is 522 g/mol. The third-order valence-corrected chi connectivity index (χ3v) is 2.75. The molecule has 21 heteroatoms. The number of alkyl halides is 17. The Labute approximate surface area is 162 Å². The summed E-state index contributed by atoms with van der Waals surface area (Å²) >= 11 is 0. The highest BCUT2D eigenvalue weighted by molar-refractivity contribution is 4.98. The zero-order valence-electron chi connectivity index (χ0n) is 13.9. The van der Waals surface area contributed by atoms with Crippen LogP contribution in [0.15, 0.2) is 12.4 Å². The van der Waals surface area contributed by atoms with Gasteiger partial charge in [-0.1, -0.05) is 6.58 Å². The molecule has 0 radical (unpaired) electrons. The number of rotatable bonds is 9. The molecule has 2 atom stereocenters. The number of ether oxygens (including phenoxy) is 3. The quantitative estimate of drug-likeness (QED) is 0.330. The molecule has 0 amide bonds. The zero-order valence-corrected chi connectivity index (χ0v) is 13.9. The minimum absolute atomic E-state index is 1.46. The van der Waals surface area contributed by atoms with Crippen LogP contribution in [0.5, 0.6) is 0 Å². The van der Waals surface area contributed by atoms with E-state index >= 15 is 0 Å². The van der Waals surface area contributed by atoms with Gasteiger partial charge in [0.25, 0.3) is 0 Å². The Hall–Kier alpha value is -1.64. The van der Waals surface area contributed by atoms with Crippen LogP contribution < -0.4 is 0 Å². The van der Waals surface area contributed by atoms with Crippen molar-refractivity contribution in [1.82, 2.24) is 0 Å². The van der Waals surface area contributed by atoms with E-state index in [9.17, 15) is 79.0 Å². The lowest BCUT2D eigenvalue weighted by Crippen LogP contribution is -2.68. The molecule has 2 unspecified atom stereocenters. The predicted octanol–water partition coefficient (Wildman–Crippen LogP) is 6.32. The molecule has 0 aliphatic rings. The van der Waals surface area contributed by atoms with Gasteiger partial charge in [-0.15, -0.1) is 0 Å². The van der Waals surface area contributed by atoms with Gasteiger partial charge >= 0.3 is 48.6 Å². The summed E-state index contributed by atoms with van der Waals surface area (Å²) in [6.07, 6.45) is -43.2. The van der Waals surface area contributed by atoms with Crippen LogP contribution in [0.25, 0.3) is 0 Å². The Bertz CT molecular complexity index is 677. The van der Waals surface area contributed by atoms with E-state index < -0.39 is 61.0 Å². The summed E-state index contributed by atoms with van der Waals surface area (Å²) in [5.74, 6) is -19.0. The van der Waals surface area contributed by atoms with Crippen molar-refractivity contribution in [2.45, 2.75) is 48.6 Å². The van der Waals surface area contributed by atoms with Crippen LogP contribution in [0.2, 0.25) is 0 Å². The molecule has 0 aliphatic carbocycles. The van der Waals surface area contributed by atoms with E-state index in [1.807, 2.05) is 0 Å². The summed E-state index contributed by atoms with van der Waals surface area (Å²) in [6.45, 7) is -2.05. The normalized spacial score (nSPS) is 18.8. The summed E-state index contributed by atoms with van der Waals surface area (Å²) in [6, 6.07) is 0. The Kier molecular flexibility index (Phi) is 7.87. The Balaban J connectivity index is 6.61. The SMILES string of the molecule is C=C(F)C(F)(F)OC(F)(C(F)(F)F)C(F)(F)OC(F)(C(F)(F)F)C(F)(F)OCC(F)(F)F. The molecule has 0 spiro atoms. The number of halogens is 18. The minimum atomic E-state index is -7.93. The van der Waals surface area contributed by atoms with Crippen LogP contribution in [0, 0.1) is 0 Å². The first-order valence-electron chi connectivity index (χ1n) is 6.67. The second kappa shape index (κ2) is 8.29. The number of hydrogen-bond donors (Lipinski definition) is 0. The van der Waals surface area contributed by atoms with E-state index in [-0.39, 0.29) is 0 Å². The lowest BCUT2D eigenvalue weighted by Gasteiger charge is -2.40. The fraction of sp³-hybridized carbons (Fsp3) is 0.818. The molecule has 32 heavy (non-hydrogen) atoms. The monoisotopic (exact) mass is 526 g/mol. The van der Waals surface area contributed by atoms with Crippen molar-refractivity contribution in [2.24, 2.45) is 0 Å². The van der Waals surface area contributed by atoms with Crippen LogP contribution in [-0.2, 0) is 14.2 Å². The van der Waals surface area contributed by atoms with Gasteiger partial charge in [-0.2, -0.15) is 74.6 Å². The average molecular weight is 526 g/mol. The van der Waals surface area contributed by atoms with Gasteiger partial charge in [0.05, 0.1) is 0 Å². The van der Waals surface area contributed by atoms with Gasteiger partial charge in [0.15, 0.2) is 5.83 Å². The highest BCUT2D eigenvalue weighted by atomic mass is 19.4. The van der Waals surface area contributed by atoms with Crippen LogP contribution in [0.1, 0.15) is 0 Å². The van der Waals surface area contributed by atoms with E-state index in [0.29, 0.717) is 0 Å². The Morgan fingerprint density at radius 2 is 0.906 bits per heavy atom. The maximum absolute atomic E-state index is 13.7. The van der Waals surface area contributed by atoms with Gasteiger partial charge < -0.3 is 4.74 Å². The highest BCUT2D eigenvalue weighted by Gasteiger charge is 2.84. The van der Waals surface area contributed by atoms with Crippen molar-refractivity contribution >= 4 is 0 Å².